The molecule has 0 aromatic rings. The average Bonchev–Trinajstić information content (AvgIpc) is 1.69. The van der Waals surface area contributed by atoms with Crippen molar-refractivity contribution in [1.29, 1.82) is 0 Å². The van der Waals surface area contributed by atoms with Crippen molar-refractivity contribution >= 4 is 6.03 Å². The topological polar surface area (TPSA) is 76.1 Å². The van der Waals surface area contributed by atoms with Gasteiger partial charge in [0, 0.05) is 12.7 Å². The van der Waals surface area contributed by atoms with Gasteiger partial charge in [-0.05, 0) is 6.08 Å². The normalized spacial score (nSPS) is 15.8. The summed E-state index contributed by atoms with van der Waals surface area (Å²) < 4.78 is 0. The number of rotatable bonds is 0. The van der Waals surface area contributed by atoms with E-state index in [0.29, 0.717) is 6.54 Å². The zero-order chi connectivity index (χ0) is 5.11. The number of urea groups is 1. The predicted molar refractivity (Wildman–Crippen MR) is 30.7 cm³/mol. The molecule has 1 rings (SSSR count). The van der Waals surface area contributed by atoms with E-state index in [4.69, 9.17) is 0 Å². The van der Waals surface area contributed by atoms with E-state index in [9.17, 15) is 4.79 Å². The summed E-state index contributed by atoms with van der Waals surface area (Å²) in [5.74, 6) is 0. The van der Waals surface area contributed by atoms with Gasteiger partial charge < -0.3 is 16.8 Å². The quantitative estimate of drug-likeness (QED) is 0.414. The first kappa shape index (κ1) is 6.97. The predicted octanol–water partition coefficient (Wildman–Crippen LogP) is -0.0251. The number of nitrogens with one attached hydrogen (secondary N) is 2. The van der Waals surface area contributed by atoms with Crippen molar-refractivity contribution in [2.24, 2.45) is 0 Å². The summed E-state index contributed by atoms with van der Waals surface area (Å²) in [6, 6.07) is -0.123. The second kappa shape index (κ2) is 3.04. The van der Waals surface area contributed by atoms with Gasteiger partial charge in [-0.15, -0.1) is 0 Å². The van der Waals surface area contributed by atoms with Crippen LogP contribution in [0.4, 0.5) is 4.79 Å². The number of amides is 2. The fraction of sp³-hybridized carbons (Fsp3) is 0.250. The van der Waals surface area contributed by atoms with Gasteiger partial charge in [0.2, 0.25) is 0 Å². The molecule has 0 radical (unpaired) electrons. The van der Waals surface area contributed by atoms with Crippen molar-refractivity contribution in [3.8, 4) is 0 Å². The molecule has 0 aromatic heterocycles. The van der Waals surface area contributed by atoms with Crippen molar-refractivity contribution < 1.29 is 4.79 Å². The number of hydrogen-bond acceptors (Lipinski definition) is 2. The van der Waals surface area contributed by atoms with E-state index in [0.717, 1.165) is 0 Å². The van der Waals surface area contributed by atoms with Crippen LogP contribution in [-0.4, -0.2) is 12.6 Å². The standard InChI is InChI=1S/C4H6N2O.H3N/c7-4-5-2-1-3-6-4;/h1-2H,3H2,(H2,5,6,7);1H3. The maximum Gasteiger partial charge on any atom is 0.319 e. The Morgan fingerprint density at radius 1 is 1.62 bits per heavy atom. The lowest BCUT2D eigenvalue weighted by Gasteiger charge is -2.04. The Bertz CT molecular complexity index is 110. The molecule has 4 nitrogen and oxygen atoms in total. The zero-order valence-corrected chi connectivity index (χ0v) is 4.48. The van der Waals surface area contributed by atoms with Crippen LogP contribution in [0.15, 0.2) is 12.3 Å². The highest BCUT2D eigenvalue weighted by molar-refractivity contribution is 5.75. The smallest absolute Gasteiger partial charge is 0.319 e. The first-order valence-electron chi connectivity index (χ1n) is 2.09. The molecular weight excluding hydrogens is 106 g/mol. The molecule has 4 heteroatoms. The fourth-order valence-corrected chi connectivity index (χ4v) is 0.396. The minimum absolute atomic E-state index is 0. The summed E-state index contributed by atoms with van der Waals surface area (Å²) in [7, 11) is 0. The Balaban J connectivity index is 0.000000490. The van der Waals surface area contributed by atoms with E-state index in [-0.39, 0.29) is 12.2 Å². The molecule has 5 N–H and O–H groups in total. The lowest BCUT2D eigenvalue weighted by molar-refractivity contribution is 0.244. The molecule has 0 atom stereocenters. The molecule has 0 unspecified atom stereocenters. The molecule has 46 valence electrons. The Morgan fingerprint density at radius 3 is 2.62 bits per heavy atom. The first-order valence-corrected chi connectivity index (χ1v) is 2.09. The van der Waals surface area contributed by atoms with Crippen LogP contribution in [0.3, 0.4) is 0 Å². The molecule has 8 heavy (non-hydrogen) atoms. The van der Waals surface area contributed by atoms with Gasteiger partial charge in [-0.2, -0.15) is 0 Å². The summed E-state index contributed by atoms with van der Waals surface area (Å²) in [5, 5.41) is 5.00. The van der Waals surface area contributed by atoms with Crippen molar-refractivity contribution in [2.75, 3.05) is 6.54 Å². The van der Waals surface area contributed by atoms with Crippen LogP contribution in [0.5, 0.6) is 0 Å². The van der Waals surface area contributed by atoms with E-state index in [1.807, 2.05) is 6.08 Å². The molecule has 0 aromatic carbocycles. The number of hydrogen-bond donors (Lipinski definition) is 3. The van der Waals surface area contributed by atoms with Gasteiger partial charge in [0.25, 0.3) is 0 Å². The van der Waals surface area contributed by atoms with E-state index in [1.54, 1.807) is 6.20 Å². The molecule has 0 aliphatic carbocycles. The third kappa shape index (κ3) is 1.61. The average molecular weight is 115 g/mol. The van der Waals surface area contributed by atoms with Crippen molar-refractivity contribution in [3.05, 3.63) is 12.3 Å². The van der Waals surface area contributed by atoms with Crippen LogP contribution in [0.1, 0.15) is 0 Å². The van der Waals surface area contributed by atoms with Crippen LogP contribution in [0.25, 0.3) is 0 Å². The Kier molecular flexibility index (Phi) is 2.64. The van der Waals surface area contributed by atoms with E-state index in [2.05, 4.69) is 10.6 Å². The zero-order valence-electron chi connectivity index (χ0n) is 4.48. The monoisotopic (exact) mass is 115 g/mol. The van der Waals surface area contributed by atoms with Gasteiger partial charge in [-0.3, -0.25) is 0 Å². The summed E-state index contributed by atoms with van der Waals surface area (Å²) in [6.45, 7) is 0.645. The van der Waals surface area contributed by atoms with Crippen molar-refractivity contribution in [3.63, 3.8) is 0 Å². The van der Waals surface area contributed by atoms with Gasteiger partial charge in [0.1, 0.15) is 0 Å². The van der Waals surface area contributed by atoms with Crippen LogP contribution in [-0.2, 0) is 0 Å². The maximum atomic E-state index is 10.2. The summed E-state index contributed by atoms with van der Waals surface area (Å²) in [5.41, 5.74) is 0. The summed E-state index contributed by atoms with van der Waals surface area (Å²) in [6.07, 6.45) is 3.46. The SMILES string of the molecule is N.O=C1NC=CCN1. The number of carbonyl (C=O) groups is 1. The minimum atomic E-state index is -0.123. The first-order chi connectivity index (χ1) is 3.39. The van der Waals surface area contributed by atoms with Gasteiger partial charge in [0.15, 0.2) is 0 Å². The van der Waals surface area contributed by atoms with Gasteiger partial charge in [-0.1, -0.05) is 0 Å². The second-order valence-corrected chi connectivity index (χ2v) is 1.26. The van der Waals surface area contributed by atoms with Crippen LogP contribution >= 0.6 is 0 Å². The third-order valence-corrected chi connectivity index (χ3v) is 0.713. The van der Waals surface area contributed by atoms with Gasteiger partial charge >= 0.3 is 6.03 Å². The largest absolute Gasteiger partial charge is 0.344 e. The highest BCUT2D eigenvalue weighted by Gasteiger charge is 1.95. The minimum Gasteiger partial charge on any atom is -0.344 e. The van der Waals surface area contributed by atoms with E-state index < -0.39 is 0 Å². The van der Waals surface area contributed by atoms with Gasteiger partial charge in [-0.25, -0.2) is 4.79 Å². The van der Waals surface area contributed by atoms with Crippen molar-refractivity contribution in [1.82, 2.24) is 16.8 Å². The number of carbonyl (C=O) groups excluding carboxylic acids is 1. The van der Waals surface area contributed by atoms with E-state index >= 15 is 0 Å². The molecule has 0 fully saturated rings. The summed E-state index contributed by atoms with van der Waals surface area (Å²) in [4.78, 5) is 10.2. The molecule has 0 bridgehead atoms. The Hall–Kier alpha value is -1.03. The highest BCUT2D eigenvalue weighted by Crippen LogP contribution is 1.74. The molecule has 1 aliphatic heterocycles. The van der Waals surface area contributed by atoms with Gasteiger partial charge in [0.05, 0.1) is 0 Å². The lowest BCUT2D eigenvalue weighted by Crippen LogP contribution is -2.35. The van der Waals surface area contributed by atoms with Crippen LogP contribution < -0.4 is 16.8 Å². The fourth-order valence-electron chi connectivity index (χ4n) is 0.396. The summed E-state index contributed by atoms with van der Waals surface area (Å²) >= 11 is 0. The van der Waals surface area contributed by atoms with Crippen LogP contribution in [0, 0.1) is 0 Å². The third-order valence-electron chi connectivity index (χ3n) is 0.713. The molecule has 1 heterocycles. The Morgan fingerprint density at radius 2 is 2.38 bits per heavy atom. The van der Waals surface area contributed by atoms with Crippen molar-refractivity contribution in [2.45, 2.75) is 0 Å². The molecular formula is C4H9N3O. The molecule has 2 amide bonds. The Labute approximate surface area is 47.5 Å². The molecule has 1 aliphatic rings. The molecule has 0 saturated carbocycles. The lowest BCUT2D eigenvalue weighted by atomic mass is 10.5. The van der Waals surface area contributed by atoms with Crippen LogP contribution in [0.2, 0.25) is 0 Å². The van der Waals surface area contributed by atoms with E-state index in [1.165, 1.54) is 0 Å². The molecule has 0 spiro atoms. The molecule has 0 saturated heterocycles. The second-order valence-electron chi connectivity index (χ2n) is 1.26. The maximum absolute atomic E-state index is 10.2. The highest BCUT2D eigenvalue weighted by atomic mass is 16.2.